The molecule has 112 valence electrons. The number of para-hydroxylation sites is 1. The lowest BCUT2D eigenvalue weighted by Gasteiger charge is -2.26. The molecule has 2 rings (SSSR count). The van der Waals surface area contributed by atoms with Gasteiger partial charge >= 0.3 is 5.97 Å². The fourth-order valence-electron chi connectivity index (χ4n) is 2.29. The van der Waals surface area contributed by atoms with E-state index >= 15 is 0 Å². The van der Waals surface area contributed by atoms with E-state index in [1.165, 1.54) is 40.9 Å². The first-order valence-corrected chi connectivity index (χ1v) is 7.42. The topological polar surface area (TPSA) is 101 Å². The average molecular weight is 310 g/mol. The van der Waals surface area contributed by atoms with Crippen LogP contribution in [-0.2, 0) is 4.79 Å². The van der Waals surface area contributed by atoms with E-state index in [1.54, 1.807) is 0 Å². The SMILES string of the molecule is CCC1SCC(C(=O)O)N1C(=O)c1ccccc1[N+](=O)[O-]. The van der Waals surface area contributed by atoms with Crippen LogP contribution in [0.2, 0.25) is 0 Å². The van der Waals surface area contributed by atoms with Gasteiger partial charge in [0.25, 0.3) is 11.6 Å². The molecule has 0 aromatic heterocycles. The number of nitro benzene ring substituents is 1. The van der Waals surface area contributed by atoms with E-state index in [2.05, 4.69) is 0 Å². The van der Waals surface area contributed by atoms with Gasteiger partial charge in [-0.3, -0.25) is 14.9 Å². The van der Waals surface area contributed by atoms with Gasteiger partial charge in [-0.15, -0.1) is 11.8 Å². The van der Waals surface area contributed by atoms with Crippen molar-refractivity contribution in [3.05, 3.63) is 39.9 Å². The maximum absolute atomic E-state index is 12.6. The molecule has 7 nitrogen and oxygen atoms in total. The van der Waals surface area contributed by atoms with E-state index in [0.29, 0.717) is 12.2 Å². The van der Waals surface area contributed by atoms with Crippen molar-refractivity contribution in [2.45, 2.75) is 24.8 Å². The smallest absolute Gasteiger partial charge is 0.327 e. The van der Waals surface area contributed by atoms with E-state index in [1.807, 2.05) is 6.92 Å². The zero-order chi connectivity index (χ0) is 15.6. The van der Waals surface area contributed by atoms with Crippen LogP contribution in [0.4, 0.5) is 5.69 Å². The number of hydrogen-bond acceptors (Lipinski definition) is 5. The minimum Gasteiger partial charge on any atom is -0.480 e. The summed E-state index contributed by atoms with van der Waals surface area (Å²) in [6.45, 7) is 1.85. The lowest BCUT2D eigenvalue weighted by molar-refractivity contribution is -0.385. The molecule has 1 N–H and O–H groups in total. The maximum Gasteiger partial charge on any atom is 0.327 e. The largest absolute Gasteiger partial charge is 0.480 e. The van der Waals surface area contributed by atoms with Gasteiger partial charge in [0.2, 0.25) is 0 Å². The van der Waals surface area contributed by atoms with Gasteiger partial charge in [0.1, 0.15) is 11.6 Å². The number of aliphatic carboxylic acids is 1. The van der Waals surface area contributed by atoms with Crippen molar-refractivity contribution in [2.75, 3.05) is 5.75 Å². The van der Waals surface area contributed by atoms with Crippen LogP contribution >= 0.6 is 11.8 Å². The molecule has 0 bridgehead atoms. The number of carbonyl (C=O) groups excluding carboxylic acids is 1. The van der Waals surface area contributed by atoms with E-state index in [4.69, 9.17) is 0 Å². The number of amides is 1. The van der Waals surface area contributed by atoms with Crippen molar-refractivity contribution < 1.29 is 19.6 Å². The lowest BCUT2D eigenvalue weighted by Crippen LogP contribution is -2.45. The molecule has 21 heavy (non-hydrogen) atoms. The van der Waals surface area contributed by atoms with Crippen molar-refractivity contribution in [1.82, 2.24) is 4.90 Å². The molecule has 1 amide bonds. The quantitative estimate of drug-likeness (QED) is 0.674. The van der Waals surface area contributed by atoms with E-state index in [0.717, 1.165) is 0 Å². The number of nitro groups is 1. The fourth-order valence-corrected chi connectivity index (χ4v) is 3.64. The Kier molecular flexibility index (Phi) is 4.46. The molecule has 1 aliphatic heterocycles. The van der Waals surface area contributed by atoms with Crippen LogP contribution in [-0.4, -0.2) is 44.0 Å². The number of hydrogen-bond donors (Lipinski definition) is 1. The second kappa shape index (κ2) is 6.13. The van der Waals surface area contributed by atoms with Gasteiger partial charge in [-0.25, -0.2) is 4.79 Å². The Balaban J connectivity index is 2.42. The summed E-state index contributed by atoms with van der Waals surface area (Å²) in [6, 6.07) is 4.65. The molecular formula is C13H14N2O5S. The van der Waals surface area contributed by atoms with E-state index in [-0.39, 0.29) is 16.6 Å². The summed E-state index contributed by atoms with van der Waals surface area (Å²) in [5.41, 5.74) is -0.381. The van der Waals surface area contributed by atoms with E-state index in [9.17, 15) is 24.8 Å². The van der Waals surface area contributed by atoms with Gasteiger partial charge in [0, 0.05) is 11.8 Å². The summed E-state index contributed by atoms with van der Waals surface area (Å²) in [5.74, 6) is -1.41. The summed E-state index contributed by atoms with van der Waals surface area (Å²) in [7, 11) is 0. The molecule has 8 heteroatoms. The molecule has 0 saturated carbocycles. The highest BCUT2D eigenvalue weighted by Gasteiger charge is 2.42. The summed E-state index contributed by atoms with van der Waals surface area (Å²) in [5, 5.41) is 20.0. The summed E-state index contributed by atoms with van der Waals surface area (Å²) in [4.78, 5) is 35.5. The van der Waals surface area contributed by atoms with Crippen LogP contribution in [0.15, 0.2) is 24.3 Å². The molecule has 1 aromatic rings. The number of rotatable bonds is 4. The van der Waals surface area contributed by atoms with Crippen molar-refractivity contribution in [3.63, 3.8) is 0 Å². The molecule has 1 aromatic carbocycles. The summed E-state index contributed by atoms with van der Waals surface area (Å²) < 4.78 is 0. The molecule has 0 aliphatic carbocycles. The minimum atomic E-state index is -1.09. The molecule has 1 fully saturated rings. The third kappa shape index (κ3) is 2.85. The van der Waals surface area contributed by atoms with Crippen molar-refractivity contribution in [2.24, 2.45) is 0 Å². The molecule has 2 unspecified atom stereocenters. The molecule has 2 atom stereocenters. The van der Waals surface area contributed by atoms with E-state index < -0.39 is 22.8 Å². The molecule has 1 aliphatic rings. The van der Waals surface area contributed by atoms with Crippen LogP contribution in [0.25, 0.3) is 0 Å². The number of thioether (sulfide) groups is 1. The first kappa shape index (κ1) is 15.3. The Morgan fingerprint density at radius 2 is 2.14 bits per heavy atom. The van der Waals surface area contributed by atoms with Gasteiger partial charge in [-0.1, -0.05) is 19.1 Å². The van der Waals surface area contributed by atoms with Gasteiger partial charge in [0.15, 0.2) is 0 Å². The number of carbonyl (C=O) groups is 2. The van der Waals surface area contributed by atoms with Crippen LogP contribution in [0.3, 0.4) is 0 Å². The van der Waals surface area contributed by atoms with Crippen LogP contribution in [0.1, 0.15) is 23.7 Å². The van der Waals surface area contributed by atoms with Gasteiger partial charge in [-0.05, 0) is 12.5 Å². The highest BCUT2D eigenvalue weighted by atomic mass is 32.2. The predicted octanol–water partition coefficient (Wildman–Crippen LogP) is 1.97. The number of carboxylic acid groups (broad SMARTS) is 1. The minimum absolute atomic E-state index is 0.0744. The Morgan fingerprint density at radius 1 is 1.48 bits per heavy atom. The summed E-state index contributed by atoms with van der Waals surface area (Å²) >= 11 is 1.38. The molecular weight excluding hydrogens is 296 g/mol. The van der Waals surface area contributed by atoms with Crippen LogP contribution in [0, 0.1) is 10.1 Å². The first-order chi connectivity index (χ1) is 9.97. The highest BCUT2D eigenvalue weighted by Crippen LogP contribution is 2.34. The summed E-state index contributed by atoms with van der Waals surface area (Å²) in [6.07, 6.45) is 0.584. The first-order valence-electron chi connectivity index (χ1n) is 6.37. The Labute approximate surface area is 125 Å². The Morgan fingerprint density at radius 3 is 2.71 bits per heavy atom. The zero-order valence-corrected chi connectivity index (χ0v) is 12.1. The molecule has 0 radical (unpaired) electrons. The fraction of sp³-hybridized carbons (Fsp3) is 0.385. The second-order valence-electron chi connectivity index (χ2n) is 4.54. The second-order valence-corrected chi connectivity index (χ2v) is 5.75. The number of carboxylic acids is 1. The number of nitrogens with zero attached hydrogens (tertiary/aromatic N) is 2. The van der Waals surface area contributed by atoms with Crippen molar-refractivity contribution in [3.8, 4) is 0 Å². The average Bonchev–Trinajstić information content (AvgIpc) is 2.90. The normalized spacial score (nSPS) is 21.3. The monoisotopic (exact) mass is 310 g/mol. The highest BCUT2D eigenvalue weighted by molar-refractivity contribution is 8.00. The van der Waals surface area contributed by atoms with Crippen LogP contribution in [0.5, 0.6) is 0 Å². The standard InChI is InChI=1S/C13H14N2O5S/c1-2-11-14(10(7-21-11)13(17)18)12(16)8-5-3-4-6-9(8)15(19)20/h3-6,10-11H,2,7H2,1H3,(H,17,18). The van der Waals surface area contributed by atoms with Gasteiger partial charge in [-0.2, -0.15) is 0 Å². The zero-order valence-electron chi connectivity index (χ0n) is 11.3. The predicted molar refractivity (Wildman–Crippen MR) is 77.2 cm³/mol. The Hall–Kier alpha value is -2.09. The molecule has 1 heterocycles. The number of benzene rings is 1. The van der Waals surface area contributed by atoms with Gasteiger partial charge in [0.05, 0.1) is 10.3 Å². The molecule has 1 saturated heterocycles. The maximum atomic E-state index is 12.6. The van der Waals surface area contributed by atoms with Gasteiger partial charge < -0.3 is 10.0 Å². The lowest BCUT2D eigenvalue weighted by atomic mass is 10.1. The van der Waals surface area contributed by atoms with Crippen LogP contribution < -0.4 is 0 Å². The Bertz CT molecular complexity index is 592. The van der Waals surface area contributed by atoms with Crippen molar-refractivity contribution in [1.29, 1.82) is 0 Å². The third-order valence-electron chi connectivity index (χ3n) is 3.29. The van der Waals surface area contributed by atoms with Crippen molar-refractivity contribution >= 4 is 29.3 Å². The molecule has 0 spiro atoms. The third-order valence-corrected chi connectivity index (χ3v) is 4.75.